The quantitative estimate of drug-likeness (QED) is 0.859. The number of thiocarbonyl (C=S) groups is 1. The van der Waals surface area contributed by atoms with Crippen LogP contribution in [-0.2, 0) is 0 Å². The fourth-order valence-electron chi connectivity index (χ4n) is 1.53. The van der Waals surface area contributed by atoms with Crippen LogP contribution in [0.3, 0.4) is 0 Å². The molecule has 18 heavy (non-hydrogen) atoms. The highest BCUT2D eigenvalue weighted by atomic mass is 32.1. The van der Waals surface area contributed by atoms with Crippen LogP contribution in [0.1, 0.15) is 11.1 Å². The molecule has 1 atom stereocenters. The first kappa shape index (κ1) is 14.8. The molecule has 0 spiro atoms. The molecule has 0 aliphatic heterocycles. The zero-order chi connectivity index (χ0) is 13.9. The van der Waals surface area contributed by atoms with Gasteiger partial charge in [-0.3, -0.25) is 0 Å². The van der Waals surface area contributed by atoms with Crippen molar-refractivity contribution >= 4 is 17.2 Å². The monoisotopic (exact) mass is 277 g/mol. The number of hydrogen-bond acceptors (Lipinski definition) is 2. The molecule has 0 aromatic heterocycles. The number of para-hydroxylation sites is 1. The van der Waals surface area contributed by atoms with Crippen LogP contribution in [0.2, 0.25) is 0 Å². The fraction of sp³-hybridized carbons (Fsp3) is 0.417. The third-order valence-electron chi connectivity index (χ3n) is 2.54. The van der Waals surface area contributed by atoms with Crippen LogP contribution in [0.5, 0.6) is 5.75 Å². The van der Waals surface area contributed by atoms with Gasteiger partial charge in [-0.2, -0.15) is 13.2 Å². The lowest BCUT2D eigenvalue weighted by Gasteiger charge is -2.20. The van der Waals surface area contributed by atoms with E-state index in [9.17, 15) is 13.2 Å². The van der Waals surface area contributed by atoms with E-state index in [4.69, 9.17) is 10.5 Å². The van der Waals surface area contributed by atoms with Crippen LogP contribution in [0.4, 0.5) is 13.2 Å². The average Bonchev–Trinajstić information content (AvgIpc) is 2.19. The molecule has 0 amide bonds. The second kappa shape index (κ2) is 5.56. The number of hydrogen-bond donors (Lipinski definition) is 1. The summed E-state index contributed by atoms with van der Waals surface area (Å²) >= 11 is 4.42. The first-order valence-corrected chi connectivity index (χ1v) is 5.69. The maximum Gasteiger partial charge on any atom is 0.401 e. The van der Waals surface area contributed by atoms with Gasteiger partial charge in [-0.25, -0.2) is 0 Å². The predicted octanol–water partition coefficient (Wildman–Crippen LogP) is 3.15. The van der Waals surface area contributed by atoms with Gasteiger partial charge in [0.05, 0.1) is 4.99 Å². The number of nitrogens with two attached hydrogens (primary N) is 1. The minimum atomic E-state index is -4.48. The second-order valence-corrected chi connectivity index (χ2v) is 4.50. The van der Waals surface area contributed by atoms with E-state index >= 15 is 0 Å². The van der Waals surface area contributed by atoms with Crippen molar-refractivity contribution in [3.05, 3.63) is 29.3 Å². The van der Waals surface area contributed by atoms with Crippen molar-refractivity contribution < 1.29 is 17.9 Å². The van der Waals surface area contributed by atoms with Crippen LogP contribution in [-0.4, -0.2) is 17.8 Å². The SMILES string of the molecule is Cc1cccc(C)c1OCC(C(N)=S)C(F)(F)F. The molecule has 0 saturated carbocycles. The molecule has 2 N–H and O–H groups in total. The van der Waals surface area contributed by atoms with E-state index in [0.29, 0.717) is 5.75 Å². The van der Waals surface area contributed by atoms with Crippen molar-refractivity contribution in [2.45, 2.75) is 20.0 Å². The molecular formula is C12H14F3NOS. The van der Waals surface area contributed by atoms with Crippen molar-refractivity contribution in [3.8, 4) is 5.75 Å². The van der Waals surface area contributed by atoms with Crippen molar-refractivity contribution in [3.63, 3.8) is 0 Å². The third-order valence-corrected chi connectivity index (χ3v) is 2.83. The molecule has 6 heteroatoms. The van der Waals surface area contributed by atoms with Gasteiger partial charge in [0.1, 0.15) is 18.3 Å². The normalized spacial score (nSPS) is 13.2. The number of ether oxygens (including phenoxy) is 1. The number of rotatable bonds is 4. The Hall–Kier alpha value is -1.30. The first-order valence-electron chi connectivity index (χ1n) is 5.28. The van der Waals surface area contributed by atoms with E-state index < -0.39 is 23.7 Å². The highest BCUT2D eigenvalue weighted by molar-refractivity contribution is 7.80. The Morgan fingerprint density at radius 3 is 2.22 bits per heavy atom. The largest absolute Gasteiger partial charge is 0.492 e. The number of halogens is 3. The Morgan fingerprint density at radius 1 is 1.33 bits per heavy atom. The van der Waals surface area contributed by atoms with E-state index in [-0.39, 0.29) is 0 Å². The molecule has 0 bridgehead atoms. The van der Waals surface area contributed by atoms with Crippen LogP contribution in [0.25, 0.3) is 0 Å². The molecule has 0 aliphatic rings. The average molecular weight is 277 g/mol. The van der Waals surface area contributed by atoms with Crippen LogP contribution in [0.15, 0.2) is 18.2 Å². The van der Waals surface area contributed by atoms with Gasteiger partial charge in [0.25, 0.3) is 0 Å². The topological polar surface area (TPSA) is 35.2 Å². The number of alkyl halides is 3. The molecule has 0 saturated heterocycles. The summed E-state index contributed by atoms with van der Waals surface area (Å²) in [4.78, 5) is -0.603. The van der Waals surface area contributed by atoms with Crippen LogP contribution >= 0.6 is 12.2 Å². The van der Waals surface area contributed by atoms with Gasteiger partial charge >= 0.3 is 6.18 Å². The molecule has 100 valence electrons. The summed E-state index contributed by atoms with van der Waals surface area (Å²) in [5, 5.41) is 0. The summed E-state index contributed by atoms with van der Waals surface area (Å²) < 4.78 is 43.1. The Bertz CT molecular complexity index is 425. The highest BCUT2D eigenvalue weighted by Crippen LogP contribution is 2.29. The minimum Gasteiger partial charge on any atom is -0.492 e. The first-order chi connectivity index (χ1) is 8.23. The maximum atomic E-state index is 12.6. The van der Waals surface area contributed by atoms with Gasteiger partial charge in [-0.15, -0.1) is 0 Å². The Kier molecular flexibility index (Phi) is 4.56. The second-order valence-electron chi connectivity index (χ2n) is 4.03. The van der Waals surface area contributed by atoms with Crippen molar-refractivity contribution in [2.75, 3.05) is 6.61 Å². The summed E-state index contributed by atoms with van der Waals surface area (Å²) in [7, 11) is 0. The van der Waals surface area contributed by atoms with Gasteiger partial charge < -0.3 is 10.5 Å². The molecule has 0 aliphatic carbocycles. The molecule has 0 heterocycles. The summed E-state index contributed by atoms with van der Waals surface area (Å²) in [6.45, 7) is 2.95. The summed E-state index contributed by atoms with van der Waals surface area (Å²) in [5.41, 5.74) is 6.65. The zero-order valence-corrected chi connectivity index (χ0v) is 10.9. The Labute approximate surface area is 109 Å². The number of aryl methyl sites for hydroxylation is 2. The molecule has 1 unspecified atom stereocenters. The van der Waals surface area contributed by atoms with E-state index in [1.807, 2.05) is 6.07 Å². The summed E-state index contributed by atoms with van der Waals surface area (Å²) in [6.07, 6.45) is -4.48. The molecule has 0 radical (unpaired) electrons. The third kappa shape index (κ3) is 3.60. The van der Waals surface area contributed by atoms with Crippen LogP contribution < -0.4 is 10.5 Å². The van der Waals surface area contributed by atoms with Crippen molar-refractivity contribution in [1.82, 2.24) is 0 Å². The molecule has 1 aromatic carbocycles. The molecule has 2 nitrogen and oxygen atoms in total. The maximum absolute atomic E-state index is 12.6. The molecule has 1 rings (SSSR count). The molecular weight excluding hydrogens is 263 g/mol. The van der Waals surface area contributed by atoms with Gasteiger partial charge in [-0.05, 0) is 25.0 Å². The van der Waals surface area contributed by atoms with Crippen molar-refractivity contribution in [2.24, 2.45) is 11.7 Å². The lowest BCUT2D eigenvalue weighted by Crippen LogP contribution is -2.38. The molecule has 0 fully saturated rings. The van der Waals surface area contributed by atoms with E-state index in [0.717, 1.165) is 11.1 Å². The molecule has 1 aromatic rings. The van der Waals surface area contributed by atoms with Gasteiger partial charge in [0, 0.05) is 0 Å². The smallest absolute Gasteiger partial charge is 0.401 e. The van der Waals surface area contributed by atoms with Gasteiger partial charge in [-0.1, -0.05) is 30.4 Å². The number of benzene rings is 1. The highest BCUT2D eigenvalue weighted by Gasteiger charge is 2.42. The van der Waals surface area contributed by atoms with Gasteiger partial charge in [0.15, 0.2) is 0 Å². The minimum absolute atomic E-state index is 0.447. The Balaban J connectivity index is 2.83. The Morgan fingerprint density at radius 2 is 1.83 bits per heavy atom. The van der Waals surface area contributed by atoms with E-state index in [1.165, 1.54) is 0 Å². The lowest BCUT2D eigenvalue weighted by molar-refractivity contribution is -0.161. The summed E-state index contributed by atoms with van der Waals surface area (Å²) in [5.74, 6) is -1.48. The standard InChI is InChI=1S/C12H14F3NOS/c1-7-4-3-5-8(2)10(7)17-6-9(11(16)18)12(13,14)15/h3-5,9H,6H2,1-2H3,(H2,16,18). The predicted molar refractivity (Wildman–Crippen MR) is 67.7 cm³/mol. The van der Waals surface area contributed by atoms with Crippen LogP contribution in [0, 0.1) is 19.8 Å². The fourth-order valence-corrected chi connectivity index (χ4v) is 1.73. The lowest BCUT2D eigenvalue weighted by atomic mass is 10.1. The van der Waals surface area contributed by atoms with E-state index in [2.05, 4.69) is 12.2 Å². The van der Waals surface area contributed by atoms with E-state index in [1.54, 1.807) is 26.0 Å². The van der Waals surface area contributed by atoms with Crippen molar-refractivity contribution in [1.29, 1.82) is 0 Å². The zero-order valence-electron chi connectivity index (χ0n) is 10.0. The van der Waals surface area contributed by atoms with Gasteiger partial charge in [0.2, 0.25) is 0 Å². The summed E-state index contributed by atoms with van der Waals surface area (Å²) in [6, 6.07) is 5.35.